The summed E-state index contributed by atoms with van der Waals surface area (Å²) in [6.45, 7) is -0.857. The second kappa shape index (κ2) is 3.97. The van der Waals surface area contributed by atoms with Crippen LogP contribution in [0.5, 0.6) is 0 Å². The van der Waals surface area contributed by atoms with Crippen molar-refractivity contribution in [3.8, 4) is 0 Å². The predicted molar refractivity (Wildman–Crippen MR) is 65.0 cm³/mol. The van der Waals surface area contributed by atoms with E-state index in [1.807, 2.05) is 0 Å². The lowest BCUT2D eigenvalue weighted by Crippen LogP contribution is -2.93. The molecule has 0 aromatic heterocycles. The molecule has 4 heterocycles. The molecular formula is C12H17N2O8-. The number of aliphatic hydroxyl groups excluding tert-OH is 4. The highest BCUT2D eigenvalue weighted by Crippen LogP contribution is 2.59. The molecule has 1 saturated carbocycles. The van der Waals surface area contributed by atoms with Gasteiger partial charge < -0.3 is 45.8 Å². The Hall–Kier alpha value is -0.850. The molecule has 9 unspecified atom stereocenters. The van der Waals surface area contributed by atoms with E-state index in [0.717, 1.165) is 0 Å². The molecule has 3 saturated heterocycles. The van der Waals surface area contributed by atoms with Gasteiger partial charge in [-0.25, -0.2) is 0 Å². The van der Waals surface area contributed by atoms with E-state index in [-0.39, 0.29) is 12.3 Å². The molecule has 0 aromatic rings. The number of ether oxygens (including phenoxy) is 2. The first-order valence-electron chi connectivity index (χ1n) is 6.98. The number of aliphatic imine (C=N–C) groups is 1. The molecule has 1 spiro atoms. The van der Waals surface area contributed by atoms with E-state index >= 15 is 0 Å². The fourth-order valence-corrected chi connectivity index (χ4v) is 4.44. The third kappa shape index (κ3) is 1.32. The van der Waals surface area contributed by atoms with Gasteiger partial charge in [0.2, 0.25) is 0 Å². The number of nitrogens with zero attached hydrogens (tertiary/aromatic N) is 1. The summed E-state index contributed by atoms with van der Waals surface area (Å²) >= 11 is 0. The van der Waals surface area contributed by atoms with Crippen molar-refractivity contribution in [2.24, 2.45) is 16.6 Å². The second-order valence-corrected chi connectivity index (χ2v) is 6.46. The van der Waals surface area contributed by atoms with Crippen molar-refractivity contribution in [3.63, 3.8) is 0 Å². The fourth-order valence-electron chi connectivity index (χ4n) is 4.44. The van der Waals surface area contributed by atoms with Gasteiger partial charge in [0.1, 0.15) is 41.5 Å². The molecule has 124 valence electrons. The second-order valence-electron chi connectivity index (χ2n) is 6.46. The van der Waals surface area contributed by atoms with Gasteiger partial charge in [-0.3, -0.25) is 4.99 Å². The number of hydrogen-bond donors (Lipinski definition) is 6. The zero-order valence-corrected chi connectivity index (χ0v) is 11.4. The van der Waals surface area contributed by atoms with E-state index < -0.39 is 60.2 Å². The minimum atomic E-state index is -2.76. The van der Waals surface area contributed by atoms with Gasteiger partial charge in [-0.2, -0.15) is 0 Å². The highest BCUT2D eigenvalue weighted by molar-refractivity contribution is 5.82. The quantitative estimate of drug-likeness (QED) is 0.275. The Morgan fingerprint density at radius 3 is 2.55 bits per heavy atom. The van der Waals surface area contributed by atoms with Gasteiger partial charge in [0.25, 0.3) is 0 Å². The Labute approximate surface area is 124 Å². The topological polar surface area (TPSA) is 181 Å². The van der Waals surface area contributed by atoms with Gasteiger partial charge in [0.15, 0.2) is 0 Å². The third-order valence-electron chi connectivity index (χ3n) is 5.38. The fraction of sp³-hybridized carbons (Fsp3) is 0.917. The van der Waals surface area contributed by atoms with Gasteiger partial charge >= 0.3 is 0 Å². The lowest BCUT2D eigenvalue weighted by Gasteiger charge is -2.74. The van der Waals surface area contributed by atoms with E-state index in [1.165, 1.54) is 0 Å². The molecule has 9 atom stereocenters. The Morgan fingerprint density at radius 1 is 1.27 bits per heavy atom. The average molecular weight is 317 g/mol. The molecule has 10 nitrogen and oxygen atoms in total. The number of aliphatic hydroxyl groups is 5. The minimum Gasteiger partial charge on any atom is -0.805 e. The summed E-state index contributed by atoms with van der Waals surface area (Å²) in [6, 6.07) is 0. The monoisotopic (exact) mass is 317 g/mol. The third-order valence-corrected chi connectivity index (χ3v) is 5.38. The molecule has 4 fully saturated rings. The normalized spacial score (nSPS) is 62.7. The molecule has 7 N–H and O–H groups in total. The van der Waals surface area contributed by atoms with Crippen molar-refractivity contribution in [2.45, 2.75) is 54.1 Å². The van der Waals surface area contributed by atoms with Crippen LogP contribution in [0.2, 0.25) is 0 Å². The summed E-state index contributed by atoms with van der Waals surface area (Å²) in [5.41, 5.74) is 1.73. The van der Waals surface area contributed by atoms with Gasteiger partial charge in [-0.05, 0) is 0 Å². The van der Waals surface area contributed by atoms with Crippen molar-refractivity contribution in [1.29, 1.82) is 0 Å². The van der Waals surface area contributed by atoms with Crippen molar-refractivity contribution in [3.05, 3.63) is 0 Å². The van der Waals surface area contributed by atoms with E-state index in [2.05, 4.69) is 4.99 Å². The first kappa shape index (κ1) is 14.7. The summed E-state index contributed by atoms with van der Waals surface area (Å²) in [5.74, 6) is -3.89. The molecular weight excluding hydrogens is 300 g/mol. The number of rotatable bonds is 1. The molecule has 22 heavy (non-hydrogen) atoms. The van der Waals surface area contributed by atoms with Crippen molar-refractivity contribution in [1.82, 2.24) is 0 Å². The highest BCUT2D eigenvalue weighted by Gasteiger charge is 2.80. The molecule has 4 aliphatic heterocycles. The van der Waals surface area contributed by atoms with Gasteiger partial charge in [-0.15, -0.1) is 0 Å². The molecule has 5 rings (SSSR count). The van der Waals surface area contributed by atoms with Crippen LogP contribution in [0.25, 0.3) is 0 Å². The van der Waals surface area contributed by atoms with E-state index in [9.17, 15) is 30.6 Å². The molecule has 1 aliphatic carbocycles. The van der Waals surface area contributed by atoms with Gasteiger partial charge in [-0.1, -0.05) is 0 Å². The molecule has 10 heteroatoms. The summed E-state index contributed by atoms with van der Waals surface area (Å²) in [4.78, 5) is 4.08. The molecule has 5 aliphatic rings. The average Bonchev–Trinajstić information content (AvgIpc) is 2.45. The largest absolute Gasteiger partial charge is 0.805 e. The summed E-state index contributed by atoms with van der Waals surface area (Å²) in [7, 11) is 0. The van der Waals surface area contributed by atoms with Crippen LogP contribution in [0.15, 0.2) is 4.99 Å². The summed E-state index contributed by atoms with van der Waals surface area (Å²) in [5, 5.41) is 64.0. The zero-order chi connectivity index (χ0) is 16.1. The Kier molecular flexibility index (Phi) is 2.66. The Morgan fingerprint density at radius 2 is 1.91 bits per heavy atom. The maximum Gasteiger partial charge on any atom is 0.143 e. The predicted octanol–water partition coefficient (Wildman–Crippen LogP) is -5.27. The highest BCUT2D eigenvalue weighted by atomic mass is 16.9. The molecule has 0 radical (unpaired) electrons. The van der Waals surface area contributed by atoms with E-state index in [1.54, 1.807) is 0 Å². The SMILES string of the molecule is NC1=NC23C(O)C4OC([O-])(OC(C2C(O)C1)C4(O)CO)C3O. The number of nitrogens with two attached hydrogens (primary N) is 1. The Balaban J connectivity index is 1.97. The standard InChI is InChI=1S/C12H17N2O8/c13-4-1-3(16)5-7-10(19,2-15)8-6(17)11(5,14-4)9(18)12(20,21-7)22-8/h3,5-9,15-19H,1-2H2,(H2,13,14)/q-1. The molecule has 4 bridgehead atoms. The minimum absolute atomic E-state index is 0.0278. The first-order chi connectivity index (χ1) is 10.2. The van der Waals surface area contributed by atoms with Crippen LogP contribution in [0.1, 0.15) is 6.42 Å². The molecule has 0 aromatic carbocycles. The number of hydrogen-bond acceptors (Lipinski definition) is 10. The van der Waals surface area contributed by atoms with Gasteiger partial charge in [0, 0.05) is 12.3 Å². The summed E-state index contributed by atoms with van der Waals surface area (Å²) in [6.07, 6.45) is -7.72. The van der Waals surface area contributed by atoms with Crippen LogP contribution in [-0.2, 0) is 9.47 Å². The first-order valence-corrected chi connectivity index (χ1v) is 6.98. The van der Waals surface area contributed by atoms with E-state index in [4.69, 9.17) is 15.2 Å². The zero-order valence-electron chi connectivity index (χ0n) is 11.4. The van der Waals surface area contributed by atoms with Crippen molar-refractivity contribution in [2.75, 3.05) is 6.61 Å². The van der Waals surface area contributed by atoms with Crippen LogP contribution in [0.3, 0.4) is 0 Å². The molecule has 0 amide bonds. The van der Waals surface area contributed by atoms with Crippen LogP contribution in [-0.4, -0.2) is 85.6 Å². The maximum absolute atomic E-state index is 12.5. The van der Waals surface area contributed by atoms with Crippen molar-refractivity contribution < 1.29 is 40.1 Å². The number of amidine groups is 1. The van der Waals surface area contributed by atoms with E-state index in [0.29, 0.717) is 0 Å². The van der Waals surface area contributed by atoms with Crippen LogP contribution in [0.4, 0.5) is 0 Å². The summed E-state index contributed by atoms with van der Waals surface area (Å²) < 4.78 is 10.1. The lowest BCUT2D eigenvalue weighted by atomic mass is 9.54. The van der Waals surface area contributed by atoms with Crippen LogP contribution in [0, 0.1) is 5.92 Å². The van der Waals surface area contributed by atoms with Crippen LogP contribution >= 0.6 is 0 Å². The Bertz CT molecular complexity index is 559. The smallest absolute Gasteiger partial charge is 0.143 e. The maximum atomic E-state index is 12.5. The van der Waals surface area contributed by atoms with Crippen molar-refractivity contribution >= 4 is 5.84 Å². The van der Waals surface area contributed by atoms with Gasteiger partial charge in [0.05, 0.1) is 18.5 Å². The van der Waals surface area contributed by atoms with Crippen LogP contribution < -0.4 is 10.8 Å². The lowest BCUT2D eigenvalue weighted by molar-refractivity contribution is -0.708.